The Kier molecular flexibility index (Phi) is 5.70. The summed E-state index contributed by atoms with van der Waals surface area (Å²) in [7, 11) is 3.61. The Morgan fingerprint density at radius 3 is 3.14 bits per heavy atom. The van der Waals surface area contributed by atoms with Crippen LogP contribution in [-0.2, 0) is 9.53 Å². The molecule has 0 aromatic heterocycles. The molecule has 1 heterocycles. The van der Waals surface area contributed by atoms with Crippen LogP contribution in [0, 0.1) is 0 Å². The first-order chi connectivity index (χ1) is 10.1. The highest BCUT2D eigenvalue weighted by atomic mass is 35.5. The van der Waals surface area contributed by atoms with Crippen molar-refractivity contribution in [1.82, 2.24) is 5.32 Å². The van der Waals surface area contributed by atoms with Gasteiger partial charge in [-0.15, -0.1) is 0 Å². The number of halogens is 1. The monoisotopic (exact) mass is 312 g/mol. The zero-order chi connectivity index (χ0) is 15.2. The number of hydrogen-bond donors (Lipinski definition) is 1. The summed E-state index contributed by atoms with van der Waals surface area (Å²) in [5.74, 6) is 0.829. The summed E-state index contributed by atoms with van der Waals surface area (Å²) in [5, 5.41) is 3.55. The lowest BCUT2D eigenvalue weighted by atomic mass is 10.1. The van der Waals surface area contributed by atoms with E-state index in [2.05, 4.69) is 10.2 Å². The van der Waals surface area contributed by atoms with E-state index in [9.17, 15) is 4.79 Å². The fraction of sp³-hybridized carbons (Fsp3) is 0.533. The molecule has 1 aromatic carbocycles. The van der Waals surface area contributed by atoms with Crippen LogP contribution in [0.5, 0.6) is 5.75 Å². The summed E-state index contributed by atoms with van der Waals surface area (Å²) >= 11 is 6.02. The number of hydrogen-bond acceptors (Lipinski definition) is 4. The van der Waals surface area contributed by atoms with Crippen molar-refractivity contribution in [3.05, 3.63) is 23.2 Å². The Morgan fingerprint density at radius 2 is 2.38 bits per heavy atom. The van der Waals surface area contributed by atoms with Gasteiger partial charge in [-0.2, -0.15) is 0 Å². The van der Waals surface area contributed by atoms with Crippen LogP contribution in [0.15, 0.2) is 18.2 Å². The molecule has 2 rings (SSSR count). The molecular formula is C15H21ClN2O3. The number of benzene rings is 1. The number of rotatable bonds is 6. The number of methoxy groups -OCH3 is 1. The van der Waals surface area contributed by atoms with Gasteiger partial charge >= 0.3 is 0 Å². The summed E-state index contributed by atoms with van der Waals surface area (Å²) < 4.78 is 10.7. The van der Waals surface area contributed by atoms with E-state index in [1.165, 1.54) is 0 Å². The van der Waals surface area contributed by atoms with Gasteiger partial charge in [-0.3, -0.25) is 4.79 Å². The minimum absolute atomic E-state index is 0.0124. The summed E-state index contributed by atoms with van der Waals surface area (Å²) in [5.41, 5.74) is 0.922. The zero-order valence-electron chi connectivity index (χ0n) is 12.4. The molecule has 5 nitrogen and oxygen atoms in total. The average Bonchev–Trinajstić information content (AvgIpc) is 2.47. The van der Waals surface area contributed by atoms with Gasteiger partial charge in [0.2, 0.25) is 5.91 Å². The lowest BCUT2D eigenvalue weighted by molar-refractivity contribution is -0.121. The number of fused-ring (bicyclic) bond motifs is 1. The highest BCUT2D eigenvalue weighted by Gasteiger charge is 2.26. The molecule has 1 amide bonds. The molecule has 0 saturated heterocycles. The van der Waals surface area contributed by atoms with E-state index in [0.29, 0.717) is 31.2 Å². The maximum Gasteiger partial charge on any atom is 0.222 e. The molecule has 1 aliphatic rings. The molecule has 1 aliphatic heterocycles. The normalized spacial score (nSPS) is 17.1. The molecule has 1 unspecified atom stereocenters. The number of carbonyl (C=O) groups is 1. The fourth-order valence-corrected chi connectivity index (χ4v) is 2.48. The minimum Gasteiger partial charge on any atom is -0.489 e. The van der Waals surface area contributed by atoms with Crippen molar-refractivity contribution < 1.29 is 14.3 Å². The van der Waals surface area contributed by atoms with Crippen molar-refractivity contribution in [2.24, 2.45) is 0 Å². The van der Waals surface area contributed by atoms with Crippen LogP contribution >= 0.6 is 11.6 Å². The van der Waals surface area contributed by atoms with Crippen molar-refractivity contribution in [3.8, 4) is 5.75 Å². The van der Waals surface area contributed by atoms with E-state index >= 15 is 0 Å². The molecule has 0 aliphatic carbocycles. The lowest BCUT2D eigenvalue weighted by Crippen LogP contribution is -2.43. The molecule has 1 N–H and O–H groups in total. The van der Waals surface area contributed by atoms with E-state index in [1.54, 1.807) is 13.2 Å². The van der Waals surface area contributed by atoms with Crippen LogP contribution in [0.1, 0.15) is 12.8 Å². The van der Waals surface area contributed by atoms with Crippen LogP contribution in [0.25, 0.3) is 0 Å². The smallest absolute Gasteiger partial charge is 0.222 e. The van der Waals surface area contributed by atoms with Crippen LogP contribution in [0.2, 0.25) is 5.02 Å². The van der Waals surface area contributed by atoms with E-state index in [-0.39, 0.29) is 11.9 Å². The van der Waals surface area contributed by atoms with Crippen molar-refractivity contribution >= 4 is 23.2 Å². The van der Waals surface area contributed by atoms with Gasteiger partial charge in [-0.1, -0.05) is 11.6 Å². The van der Waals surface area contributed by atoms with E-state index in [1.807, 2.05) is 19.2 Å². The number of likely N-dealkylation sites (N-methyl/N-ethyl adjacent to an activating group) is 1. The molecule has 1 atom stereocenters. The third-order valence-corrected chi connectivity index (χ3v) is 3.78. The molecule has 0 spiro atoms. The zero-order valence-corrected chi connectivity index (χ0v) is 13.2. The number of amides is 1. The largest absolute Gasteiger partial charge is 0.489 e. The second-order valence-corrected chi connectivity index (χ2v) is 5.52. The highest BCUT2D eigenvalue weighted by molar-refractivity contribution is 6.30. The molecule has 6 heteroatoms. The number of ether oxygens (including phenoxy) is 2. The second kappa shape index (κ2) is 7.52. The number of nitrogens with zero attached hydrogens (tertiary/aromatic N) is 1. The molecular weight excluding hydrogens is 292 g/mol. The predicted octanol–water partition coefficient (Wildman–Crippen LogP) is 2.08. The molecule has 0 saturated carbocycles. The van der Waals surface area contributed by atoms with E-state index in [4.69, 9.17) is 21.1 Å². The Balaban J connectivity index is 1.89. The topological polar surface area (TPSA) is 50.8 Å². The Labute approximate surface area is 130 Å². The average molecular weight is 313 g/mol. The van der Waals surface area contributed by atoms with Gasteiger partial charge in [0.1, 0.15) is 12.4 Å². The van der Waals surface area contributed by atoms with Crippen molar-refractivity contribution in [1.29, 1.82) is 0 Å². The third-order valence-electron chi connectivity index (χ3n) is 3.55. The van der Waals surface area contributed by atoms with Crippen LogP contribution in [0.3, 0.4) is 0 Å². The van der Waals surface area contributed by atoms with E-state index < -0.39 is 0 Å². The maximum absolute atomic E-state index is 11.9. The highest BCUT2D eigenvalue weighted by Crippen LogP contribution is 2.35. The summed E-state index contributed by atoms with van der Waals surface area (Å²) in [6.07, 6.45) is 1.22. The number of anilines is 1. The number of carbonyl (C=O) groups excluding carboxylic acids is 1. The van der Waals surface area contributed by atoms with Crippen LogP contribution < -0.4 is 15.0 Å². The number of nitrogens with one attached hydrogen (secondary N) is 1. The molecule has 0 radical (unpaired) electrons. The SMILES string of the molecule is COCCCNC(=O)CC1COc2ccc(Cl)cc2N1C. The molecule has 116 valence electrons. The van der Waals surface area contributed by atoms with Gasteiger partial charge in [0.05, 0.1) is 18.2 Å². The van der Waals surface area contributed by atoms with Crippen molar-refractivity contribution in [2.45, 2.75) is 18.9 Å². The van der Waals surface area contributed by atoms with Gasteiger partial charge in [0, 0.05) is 32.3 Å². The predicted molar refractivity (Wildman–Crippen MR) is 83.3 cm³/mol. The van der Waals surface area contributed by atoms with E-state index in [0.717, 1.165) is 17.9 Å². The van der Waals surface area contributed by atoms with Crippen LogP contribution in [0.4, 0.5) is 5.69 Å². The van der Waals surface area contributed by atoms with Gasteiger partial charge in [0.15, 0.2) is 0 Å². The minimum atomic E-state index is 0.0124. The van der Waals surface area contributed by atoms with Gasteiger partial charge in [-0.25, -0.2) is 0 Å². The van der Waals surface area contributed by atoms with Crippen molar-refractivity contribution in [2.75, 3.05) is 38.8 Å². The Bertz CT molecular complexity index is 496. The first-order valence-electron chi connectivity index (χ1n) is 7.02. The maximum atomic E-state index is 11.9. The Morgan fingerprint density at radius 1 is 1.57 bits per heavy atom. The fourth-order valence-electron chi connectivity index (χ4n) is 2.31. The first kappa shape index (κ1) is 15.9. The third kappa shape index (κ3) is 4.25. The lowest BCUT2D eigenvalue weighted by Gasteiger charge is -2.35. The summed E-state index contributed by atoms with van der Waals surface area (Å²) in [6, 6.07) is 5.53. The van der Waals surface area contributed by atoms with Crippen LogP contribution in [-0.4, -0.2) is 45.9 Å². The summed E-state index contributed by atoms with van der Waals surface area (Å²) in [4.78, 5) is 14.0. The van der Waals surface area contributed by atoms with Gasteiger partial charge in [0.25, 0.3) is 0 Å². The quantitative estimate of drug-likeness (QED) is 0.817. The molecule has 0 bridgehead atoms. The Hall–Kier alpha value is -1.46. The first-order valence-corrected chi connectivity index (χ1v) is 7.40. The molecule has 0 fully saturated rings. The molecule has 21 heavy (non-hydrogen) atoms. The molecule has 1 aromatic rings. The van der Waals surface area contributed by atoms with Crippen molar-refractivity contribution in [3.63, 3.8) is 0 Å². The standard InChI is InChI=1S/C15H21ClN2O3/c1-18-12(9-15(19)17-6-3-7-20-2)10-21-14-5-4-11(16)8-13(14)18/h4-5,8,12H,3,6-7,9-10H2,1-2H3,(H,17,19). The van der Waals surface area contributed by atoms with Gasteiger partial charge < -0.3 is 19.7 Å². The van der Waals surface area contributed by atoms with Gasteiger partial charge in [-0.05, 0) is 24.6 Å². The summed E-state index contributed by atoms with van der Waals surface area (Å²) in [6.45, 7) is 1.78. The second-order valence-electron chi connectivity index (χ2n) is 5.09.